The minimum atomic E-state index is -0.605. The lowest BCUT2D eigenvalue weighted by molar-refractivity contribution is -0.152. The van der Waals surface area contributed by atoms with Crippen LogP contribution in [0.3, 0.4) is 0 Å². The molecular formula is C18H26N2O2. The van der Waals surface area contributed by atoms with Crippen LogP contribution in [-0.4, -0.2) is 48.2 Å². The Kier molecular flexibility index (Phi) is 4.39. The van der Waals surface area contributed by atoms with Crippen LogP contribution in [0.1, 0.15) is 32.6 Å². The molecule has 1 aromatic rings. The topological polar surface area (TPSA) is 43.8 Å². The first kappa shape index (κ1) is 15.3. The molecule has 0 spiro atoms. The van der Waals surface area contributed by atoms with Crippen molar-refractivity contribution in [2.24, 2.45) is 5.41 Å². The van der Waals surface area contributed by atoms with Crippen LogP contribution in [0.15, 0.2) is 30.3 Å². The minimum Gasteiger partial charge on any atom is -0.481 e. The summed E-state index contributed by atoms with van der Waals surface area (Å²) < 4.78 is 0. The molecule has 3 rings (SSSR count). The maximum atomic E-state index is 11.5. The summed E-state index contributed by atoms with van der Waals surface area (Å²) in [6.45, 7) is 6.02. The number of rotatable bonds is 4. The highest BCUT2D eigenvalue weighted by Gasteiger charge is 2.41. The second-order valence-corrected chi connectivity index (χ2v) is 6.70. The van der Waals surface area contributed by atoms with E-state index >= 15 is 0 Å². The summed E-state index contributed by atoms with van der Waals surface area (Å²) in [7, 11) is 0. The maximum Gasteiger partial charge on any atom is 0.309 e. The van der Waals surface area contributed by atoms with Crippen molar-refractivity contribution in [3.63, 3.8) is 0 Å². The summed E-state index contributed by atoms with van der Waals surface area (Å²) in [5, 5.41) is 9.50. The maximum absolute atomic E-state index is 11.5. The third kappa shape index (κ3) is 2.84. The molecule has 0 aliphatic carbocycles. The molecule has 0 unspecified atom stereocenters. The Morgan fingerprint density at radius 3 is 2.50 bits per heavy atom. The molecule has 0 amide bonds. The highest BCUT2D eigenvalue weighted by molar-refractivity contribution is 5.74. The van der Waals surface area contributed by atoms with Crippen molar-refractivity contribution in [2.75, 3.05) is 31.1 Å². The van der Waals surface area contributed by atoms with Crippen LogP contribution in [0.25, 0.3) is 0 Å². The molecule has 2 aliphatic heterocycles. The van der Waals surface area contributed by atoms with Crippen molar-refractivity contribution >= 4 is 11.7 Å². The third-order valence-electron chi connectivity index (χ3n) is 5.69. The zero-order valence-corrected chi connectivity index (χ0v) is 13.4. The predicted octanol–water partition coefficient (Wildman–Crippen LogP) is 2.84. The molecule has 4 heteroatoms. The highest BCUT2D eigenvalue weighted by Crippen LogP contribution is 2.36. The van der Waals surface area contributed by atoms with Gasteiger partial charge < -0.3 is 10.0 Å². The molecule has 4 nitrogen and oxygen atoms in total. The zero-order chi connectivity index (χ0) is 15.6. The van der Waals surface area contributed by atoms with Gasteiger partial charge in [0.25, 0.3) is 0 Å². The molecule has 2 saturated heterocycles. The van der Waals surface area contributed by atoms with Crippen molar-refractivity contribution in [3.05, 3.63) is 30.3 Å². The Balaban J connectivity index is 1.58. The number of nitrogens with zero attached hydrogens (tertiary/aromatic N) is 2. The number of likely N-dealkylation sites (tertiary alicyclic amines) is 1. The fraction of sp³-hybridized carbons (Fsp3) is 0.611. The van der Waals surface area contributed by atoms with Crippen molar-refractivity contribution in [3.8, 4) is 0 Å². The predicted molar refractivity (Wildman–Crippen MR) is 88.2 cm³/mol. The second kappa shape index (κ2) is 6.29. The number of para-hydroxylation sites is 1. The van der Waals surface area contributed by atoms with Gasteiger partial charge in [0.2, 0.25) is 0 Å². The Morgan fingerprint density at radius 2 is 1.91 bits per heavy atom. The van der Waals surface area contributed by atoms with Gasteiger partial charge in [-0.3, -0.25) is 9.69 Å². The first-order chi connectivity index (χ1) is 10.6. The normalized spacial score (nSPS) is 25.3. The van der Waals surface area contributed by atoms with Crippen molar-refractivity contribution in [1.82, 2.24) is 4.90 Å². The van der Waals surface area contributed by atoms with Crippen LogP contribution in [0.5, 0.6) is 0 Å². The summed E-state index contributed by atoms with van der Waals surface area (Å²) in [6.07, 6.45) is 3.51. The Hall–Kier alpha value is -1.55. The van der Waals surface area contributed by atoms with Gasteiger partial charge in [-0.2, -0.15) is 0 Å². The number of carbonyl (C=O) groups is 1. The van der Waals surface area contributed by atoms with E-state index in [0.29, 0.717) is 6.04 Å². The lowest BCUT2D eigenvalue weighted by Crippen LogP contribution is -2.48. The van der Waals surface area contributed by atoms with Gasteiger partial charge in [0.05, 0.1) is 5.41 Å². The van der Waals surface area contributed by atoms with Gasteiger partial charge in [-0.1, -0.05) is 25.1 Å². The molecule has 0 saturated carbocycles. The molecule has 0 aromatic heterocycles. The Bertz CT molecular complexity index is 509. The van der Waals surface area contributed by atoms with Crippen LogP contribution in [-0.2, 0) is 4.79 Å². The van der Waals surface area contributed by atoms with E-state index in [0.717, 1.165) is 45.4 Å². The zero-order valence-electron chi connectivity index (χ0n) is 13.4. The van der Waals surface area contributed by atoms with Gasteiger partial charge in [-0.25, -0.2) is 0 Å². The van der Waals surface area contributed by atoms with E-state index in [2.05, 4.69) is 40.1 Å². The van der Waals surface area contributed by atoms with Crippen LogP contribution in [0, 0.1) is 5.41 Å². The Labute approximate surface area is 132 Å². The number of anilines is 1. The molecule has 22 heavy (non-hydrogen) atoms. The van der Waals surface area contributed by atoms with Crippen LogP contribution in [0.2, 0.25) is 0 Å². The molecule has 0 bridgehead atoms. The lowest BCUT2D eigenvalue weighted by Gasteiger charge is -2.41. The number of carboxylic acid groups (broad SMARTS) is 1. The highest BCUT2D eigenvalue weighted by atomic mass is 16.4. The van der Waals surface area contributed by atoms with E-state index in [1.165, 1.54) is 12.1 Å². The molecule has 1 N–H and O–H groups in total. The minimum absolute atomic E-state index is 0.478. The summed E-state index contributed by atoms with van der Waals surface area (Å²) in [4.78, 5) is 16.5. The summed E-state index contributed by atoms with van der Waals surface area (Å²) in [5.74, 6) is -0.605. The molecule has 2 heterocycles. The molecular weight excluding hydrogens is 276 g/mol. The quantitative estimate of drug-likeness (QED) is 0.929. The number of piperidine rings is 1. The smallest absolute Gasteiger partial charge is 0.309 e. The van der Waals surface area contributed by atoms with Gasteiger partial charge in [0.1, 0.15) is 0 Å². The number of carboxylic acids is 1. The Morgan fingerprint density at radius 1 is 1.23 bits per heavy atom. The summed E-state index contributed by atoms with van der Waals surface area (Å²) >= 11 is 0. The molecule has 120 valence electrons. The SMILES string of the molecule is CCC1(C(=O)O)CCN([C@@H]2CCN(c3ccccc3)C2)CC1. The van der Waals surface area contributed by atoms with Gasteiger partial charge in [-0.05, 0) is 50.9 Å². The summed E-state index contributed by atoms with van der Waals surface area (Å²) in [6, 6.07) is 11.1. The van der Waals surface area contributed by atoms with Crippen LogP contribution in [0.4, 0.5) is 5.69 Å². The van der Waals surface area contributed by atoms with Gasteiger partial charge in [0.15, 0.2) is 0 Å². The fourth-order valence-electron chi connectivity index (χ4n) is 3.95. The molecule has 2 aliphatic rings. The third-order valence-corrected chi connectivity index (χ3v) is 5.69. The average Bonchev–Trinajstić information content (AvgIpc) is 3.05. The van der Waals surface area contributed by atoms with Gasteiger partial charge >= 0.3 is 5.97 Å². The molecule has 1 atom stereocenters. The lowest BCUT2D eigenvalue weighted by atomic mass is 9.76. The number of hydrogen-bond acceptors (Lipinski definition) is 3. The van der Waals surface area contributed by atoms with E-state index in [-0.39, 0.29) is 0 Å². The monoisotopic (exact) mass is 302 g/mol. The van der Waals surface area contributed by atoms with Gasteiger partial charge in [0, 0.05) is 24.8 Å². The molecule has 1 aromatic carbocycles. The summed E-state index contributed by atoms with van der Waals surface area (Å²) in [5.41, 5.74) is 0.823. The first-order valence-electron chi connectivity index (χ1n) is 8.42. The number of benzene rings is 1. The fourth-order valence-corrected chi connectivity index (χ4v) is 3.95. The van der Waals surface area contributed by atoms with Crippen LogP contribution < -0.4 is 4.90 Å². The van der Waals surface area contributed by atoms with E-state index in [9.17, 15) is 9.90 Å². The average molecular weight is 302 g/mol. The largest absolute Gasteiger partial charge is 0.481 e. The molecule has 2 fully saturated rings. The molecule has 0 radical (unpaired) electrons. The van der Waals surface area contributed by atoms with Crippen molar-refractivity contribution in [2.45, 2.75) is 38.6 Å². The van der Waals surface area contributed by atoms with Crippen molar-refractivity contribution < 1.29 is 9.90 Å². The van der Waals surface area contributed by atoms with E-state index in [1.807, 2.05) is 6.92 Å². The van der Waals surface area contributed by atoms with Gasteiger partial charge in [-0.15, -0.1) is 0 Å². The second-order valence-electron chi connectivity index (χ2n) is 6.70. The van der Waals surface area contributed by atoms with Crippen LogP contribution >= 0.6 is 0 Å². The first-order valence-corrected chi connectivity index (χ1v) is 8.42. The van der Waals surface area contributed by atoms with E-state index in [4.69, 9.17) is 0 Å². The van der Waals surface area contributed by atoms with E-state index in [1.54, 1.807) is 0 Å². The van der Waals surface area contributed by atoms with Crippen molar-refractivity contribution in [1.29, 1.82) is 0 Å². The number of hydrogen-bond donors (Lipinski definition) is 1. The standard InChI is InChI=1S/C18H26N2O2/c1-2-18(17(21)22)9-12-19(13-10-18)16-8-11-20(14-16)15-6-4-3-5-7-15/h3-7,16H,2,8-14H2,1H3,(H,21,22)/t16-/m1/s1. The number of aliphatic carboxylic acids is 1. The van der Waals surface area contributed by atoms with E-state index < -0.39 is 11.4 Å².